The van der Waals surface area contributed by atoms with Gasteiger partial charge in [-0.05, 0) is 68.8 Å². The van der Waals surface area contributed by atoms with Crippen molar-refractivity contribution in [3.63, 3.8) is 0 Å². The molecule has 0 saturated heterocycles. The number of nitrogens with one attached hydrogen (secondary N) is 1. The van der Waals surface area contributed by atoms with Crippen molar-refractivity contribution >= 4 is 55.5 Å². The molecule has 0 fully saturated rings. The maximum atomic E-state index is 6.47. The molecular formula is C57H37N3O2. The molecule has 62 heavy (non-hydrogen) atoms. The number of amidine groups is 2. The second kappa shape index (κ2) is 14.8. The zero-order valence-corrected chi connectivity index (χ0v) is 33.5. The van der Waals surface area contributed by atoms with Crippen LogP contribution in [-0.4, -0.2) is 11.7 Å². The van der Waals surface area contributed by atoms with Crippen LogP contribution in [-0.2, 0) is 0 Å². The molecule has 292 valence electrons. The van der Waals surface area contributed by atoms with Gasteiger partial charge in [-0.1, -0.05) is 188 Å². The van der Waals surface area contributed by atoms with Crippen LogP contribution < -0.4 is 5.32 Å². The largest absolute Gasteiger partial charge is 0.456 e. The molecule has 0 saturated carbocycles. The van der Waals surface area contributed by atoms with Gasteiger partial charge in [0, 0.05) is 32.7 Å². The third-order valence-electron chi connectivity index (χ3n) is 12.0. The maximum absolute atomic E-state index is 6.47. The standard InChI is InChI=1S/C57H37N3O2/c1-3-12-36(13-4-1)37-22-24-38(25-23-37)39-26-28-40(29-27-39)44-34-35-51-53(47-17-8-10-21-50(47)61-51)52(44)41-30-32-43(33-31-41)56-58-55(42-14-5-2-6-15-42)59-57(60-56)48-19-11-18-46-45-16-7-9-20-49(45)62-54(46)48/h1-35,55H,(H,58,59,60). The topological polar surface area (TPSA) is 63.0 Å². The highest BCUT2D eigenvalue weighted by Crippen LogP contribution is 2.43. The molecule has 12 rings (SSSR count). The molecule has 5 nitrogen and oxygen atoms in total. The van der Waals surface area contributed by atoms with Crippen LogP contribution in [0, 0.1) is 0 Å². The molecule has 1 aliphatic heterocycles. The second-order valence-electron chi connectivity index (χ2n) is 15.7. The fourth-order valence-electron chi connectivity index (χ4n) is 8.93. The highest BCUT2D eigenvalue weighted by Gasteiger charge is 2.24. The van der Waals surface area contributed by atoms with Crippen LogP contribution >= 0.6 is 0 Å². The van der Waals surface area contributed by atoms with Crippen molar-refractivity contribution in [2.75, 3.05) is 0 Å². The third-order valence-corrected chi connectivity index (χ3v) is 12.0. The van der Waals surface area contributed by atoms with Gasteiger partial charge < -0.3 is 14.2 Å². The Morgan fingerprint density at radius 2 is 0.919 bits per heavy atom. The van der Waals surface area contributed by atoms with Crippen molar-refractivity contribution in [1.82, 2.24) is 5.32 Å². The Kier molecular flexibility index (Phi) is 8.49. The predicted molar refractivity (Wildman–Crippen MR) is 255 cm³/mol. The van der Waals surface area contributed by atoms with E-state index < -0.39 is 0 Å². The van der Waals surface area contributed by atoms with Gasteiger partial charge in [0.15, 0.2) is 5.84 Å². The number of hydrogen-bond acceptors (Lipinski definition) is 5. The Hall–Kier alpha value is -8.28. The SMILES string of the molecule is c1ccc(-c2ccc(-c3ccc(-c4ccc5oc6ccccc6c5c4-c4ccc(C5=NC(c6ccccc6)NC(c6cccc7c6oc6ccccc67)=N5)cc4)cc3)cc2)cc1. The number of para-hydroxylation sites is 3. The van der Waals surface area contributed by atoms with E-state index in [-0.39, 0.29) is 6.17 Å². The number of furan rings is 2. The molecule has 1 aliphatic rings. The lowest BCUT2D eigenvalue weighted by molar-refractivity contribution is 0.659. The predicted octanol–water partition coefficient (Wildman–Crippen LogP) is 14.6. The molecule has 0 aliphatic carbocycles. The van der Waals surface area contributed by atoms with E-state index in [0.29, 0.717) is 11.7 Å². The van der Waals surface area contributed by atoms with Gasteiger partial charge in [-0.3, -0.25) is 0 Å². The smallest absolute Gasteiger partial charge is 0.159 e. The van der Waals surface area contributed by atoms with E-state index in [1.807, 2.05) is 48.5 Å². The summed E-state index contributed by atoms with van der Waals surface area (Å²) in [7, 11) is 0. The van der Waals surface area contributed by atoms with E-state index in [0.717, 1.165) is 82.8 Å². The van der Waals surface area contributed by atoms with Gasteiger partial charge in [0.2, 0.25) is 0 Å². The zero-order valence-electron chi connectivity index (χ0n) is 33.5. The summed E-state index contributed by atoms with van der Waals surface area (Å²) in [6.07, 6.45) is -0.347. The van der Waals surface area contributed by atoms with Gasteiger partial charge in [-0.2, -0.15) is 0 Å². The molecule has 1 unspecified atom stereocenters. The van der Waals surface area contributed by atoms with Crippen LogP contribution in [0.15, 0.2) is 231 Å². The first-order chi connectivity index (χ1) is 30.7. The molecular weight excluding hydrogens is 759 g/mol. The number of rotatable bonds is 7. The Balaban J connectivity index is 0.949. The third kappa shape index (κ3) is 6.18. The lowest BCUT2D eigenvalue weighted by Gasteiger charge is -2.23. The Bertz CT molecular complexity index is 3510. The first-order valence-electron chi connectivity index (χ1n) is 20.9. The molecule has 1 N–H and O–H groups in total. The summed E-state index contributed by atoms with van der Waals surface area (Å²) in [5, 5.41) is 7.94. The summed E-state index contributed by atoms with van der Waals surface area (Å²) in [5.41, 5.74) is 15.4. The second-order valence-corrected chi connectivity index (χ2v) is 15.7. The van der Waals surface area contributed by atoms with Gasteiger partial charge >= 0.3 is 0 Å². The van der Waals surface area contributed by atoms with Gasteiger partial charge in [0.1, 0.15) is 34.3 Å². The summed E-state index contributed by atoms with van der Waals surface area (Å²) in [4.78, 5) is 10.4. The maximum Gasteiger partial charge on any atom is 0.159 e. The van der Waals surface area contributed by atoms with Crippen LogP contribution in [0.3, 0.4) is 0 Å². The van der Waals surface area contributed by atoms with E-state index in [2.05, 4.69) is 169 Å². The van der Waals surface area contributed by atoms with Crippen LogP contribution in [0.2, 0.25) is 0 Å². The summed E-state index contributed by atoms with van der Waals surface area (Å²) in [6.45, 7) is 0. The van der Waals surface area contributed by atoms with Gasteiger partial charge in [-0.25, -0.2) is 9.98 Å². The summed E-state index contributed by atoms with van der Waals surface area (Å²) in [6, 6.07) is 74.1. The average Bonchev–Trinajstić information content (AvgIpc) is 3.93. The van der Waals surface area contributed by atoms with Crippen molar-refractivity contribution in [1.29, 1.82) is 0 Å². The molecule has 9 aromatic carbocycles. The number of aliphatic imine (C=N–C) groups is 2. The Morgan fingerprint density at radius 1 is 0.371 bits per heavy atom. The van der Waals surface area contributed by atoms with Crippen molar-refractivity contribution in [2.45, 2.75) is 6.17 Å². The summed E-state index contributed by atoms with van der Waals surface area (Å²) >= 11 is 0. The van der Waals surface area contributed by atoms with Crippen molar-refractivity contribution < 1.29 is 8.83 Å². The Labute approximate surface area is 358 Å². The summed E-state index contributed by atoms with van der Waals surface area (Å²) < 4.78 is 12.9. The first-order valence-corrected chi connectivity index (χ1v) is 20.9. The molecule has 2 aromatic heterocycles. The fourth-order valence-corrected chi connectivity index (χ4v) is 8.93. The minimum Gasteiger partial charge on any atom is -0.456 e. The van der Waals surface area contributed by atoms with Gasteiger partial charge in [-0.15, -0.1) is 0 Å². The quantitative estimate of drug-likeness (QED) is 0.175. The summed E-state index contributed by atoms with van der Waals surface area (Å²) in [5.74, 6) is 1.36. The normalized spacial score (nSPS) is 14.0. The molecule has 1 atom stereocenters. The van der Waals surface area contributed by atoms with E-state index in [4.69, 9.17) is 18.8 Å². The lowest BCUT2D eigenvalue weighted by Crippen LogP contribution is -2.33. The van der Waals surface area contributed by atoms with Crippen LogP contribution in [0.5, 0.6) is 0 Å². The van der Waals surface area contributed by atoms with E-state index in [9.17, 15) is 0 Å². The molecule has 5 heteroatoms. The number of fused-ring (bicyclic) bond motifs is 6. The Morgan fingerprint density at radius 3 is 1.63 bits per heavy atom. The fraction of sp³-hybridized carbons (Fsp3) is 0.0175. The van der Waals surface area contributed by atoms with E-state index >= 15 is 0 Å². The van der Waals surface area contributed by atoms with E-state index in [1.165, 1.54) is 22.3 Å². The monoisotopic (exact) mass is 795 g/mol. The minimum atomic E-state index is -0.347. The molecule has 0 radical (unpaired) electrons. The van der Waals surface area contributed by atoms with Crippen molar-refractivity contribution in [3.8, 4) is 44.5 Å². The molecule has 0 spiro atoms. The average molecular weight is 796 g/mol. The van der Waals surface area contributed by atoms with Gasteiger partial charge in [0.25, 0.3) is 0 Å². The highest BCUT2D eigenvalue weighted by molar-refractivity contribution is 6.20. The molecule has 3 heterocycles. The lowest BCUT2D eigenvalue weighted by atomic mass is 9.89. The molecule has 11 aromatic rings. The van der Waals surface area contributed by atoms with Crippen LogP contribution in [0.4, 0.5) is 0 Å². The number of hydrogen-bond donors (Lipinski definition) is 1. The van der Waals surface area contributed by atoms with Crippen LogP contribution in [0.1, 0.15) is 22.9 Å². The highest BCUT2D eigenvalue weighted by atomic mass is 16.3. The minimum absolute atomic E-state index is 0.347. The first kappa shape index (κ1) is 35.6. The van der Waals surface area contributed by atoms with E-state index in [1.54, 1.807) is 0 Å². The molecule has 0 bridgehead atoms. The van der Waals surface area contributed by atoms with Gasteiger partial charge in [0.05, 0.1) is 5.56 Å². The number of benzene rings is 9. The number of nitrogens with zero attached hydrogens (tertiary/aromatic N) is 2. The molecule has 0 amide bonds. The zero-order chi connectivity index (χ0) is 41.0. The van der Waals surface area contributed by atoms with Crippen LogP contribution in [0.25, 0.3) is 88.4 Å². The van der Waals surface area contributed by atoms with Crippen molar-refractivity contribution in [3.05, 3.63) is 229 Å². The van der Waals surface area contributed by atoms with Crippen molar-refractivity contribution in [2.24, 2.45) is 9.98 Å².